The van der Waals surface area contributed by atoms with Gasteiger partial charge in [-0.25, -0.2) is 15.0 Å². The fourth-order valence-corrected chi connectivity index (χ4v) is 5.34. The summed E-state index contributed by atoms with van der Waals surface area (Å²) in [6, 6.07) is 9.47. The number of aromatic nitrogens is 3. The van der Waals surface area contributed by atoms with Crippen LogP contribution in [0.2, 0.25) is 6.32 Å². The van der Waals surface area contributed by atoms with Gasteiger partial charge >= 0.3 is 0 Å². The second kappa shape index (κ2) is 10.4. The fraction of sp³-hybridized carbons (Fsp3) is 0.231. The molecule has 0 bridgehead atoms. The smallest absolute Gasteiger partial charge is 0.246 e. The maximum atomic E-state index is 12.4. The number of anilines is 2. The Morgan fingerprint density at radius 3 is 2.89 bits per heavy atom. The molecule has 1 amide bonds. The van der Waals surface area contributed by atoms with Crippen LogP contribution < -0.4 is 14.8 Å². The average Bonchev–Trinajstić information content (AvgIpc) is 3.28. The second-order valence-electron chi connectivity index (χ2n) is 8.30. The van der Waals surface area contributed by atoms with Gasteiger partial charge in [-0.05, 0) is 54.8 Å². The van der Waals surface area contributed by atoms with E-state index < -0.39 is 0 Å². The van der Waals surface area contributed by atoms with Crippen molar-refractivity contribution in [2.75, 3.05) is 19.0 Å². The van der Waals surface area contributed by atoms with Gasteiger partial charge in [0.15, 0.2) is 0 Å². The molecule has 0 saturated carbocycles. The molecule has 4 heterocycles. The molecule has 10 heteroatoms. The van der Waals surface area contributed by atoms with Gasteiger partial charge in [0.25, 0.3) is 0 Å². The second-order valence-corrected chi connectivity index (χ2v) is 9.38. The van der Waals surface area contributed by atoms with E-state index in [-0.39, 0.29) is 5.91 Å². The number of amides is 1. The third kappa shape index (κ3) is 4.90. The first-order valence-corrected chi connectivity index (χ1v) is 12.3. The number of aryl methyl sites for hydroxylation is 1. The molecule has 0 atom stereocenters. The van der Waals surface area contributed by atoms with Crippen molar-refractivity contribution in [2.45, 2.75) is 26.2 Å². The van der Waals surface area contributed by atoms with Crippen molar-refractivity contribution in [3.63, 3.8) is 0 Å². The minimum absolute atomic E-state index is 0.0174. The number of hydrogen-bond donors (Lipinski definition) is 1. The van der Waals surface area contributed by atoms with Crippen LogP contribution in [0.4, 0.5) is 11.5 Å². The molecule has 8 nitrogen and oxygen atoms in total. The van der Waals surface area contributed by atoms with Crippen molar-refractivity contribution >= 4 is 46.8 Å². The Hall–Kier alpha value is -3.92. The van der Waals surface area contributed by atoms with E-state index in [0.29, 0.717) is 31.0 Å². The molecule has 3 aromatic heterocycles. The molecule has 36 heavy (non-hydrogen) atoms. The fourth-order valence-electron chi connectivity index (χ4n) is 4.14. The summed E-state index contributed by atoms with van der Waals surface area (Å²) in [5.74, 6) is 2.65. The van der Waals surface area contributed by atoms with Gasteiger partial charge in [0.05, 0.1) is 33.1 Å². The summed E-state index contributed by atoms with van der Waals surface area (Å²) >= 11 is 1.61. The Morgan fingerprint density at radius 2 is 2.14 bits per heavy atom. The maximum absolute atomic E-state index is 12.4. The quantitative estimate of drug-likeness (QED) is 0.285. The van der Waals surface area contributed by atoms with E-state index in [9.17, 15) is 4.79 Å². The van der Waals surface area contributed by atoms with E-state index in [1.165, 1.54) is 5.56 Å². The number of rotatable bonds is 7. The molecule has 2 radical (unpaired) electrons. The number of hydrogen-bond acceptors (Lipinski definition) is 8. The number of nitrogens with zero attached hydrogens (tertiary/aromatic N) is 4. The van der Waals surface area contributed by atoms with Gasteiger partial charge in [-0.15, -0.1) is 11.3 Å². The van der Waals surface area contributed by atoms with E-state index in [2.05, 4.69) is 20.3 Å². The number of pyridine rings is 1. The number of ether oxygens (including phenoxy) is 2. The molecule has 1 aliphatic rings. The molecular formula is C26H24BN5O3S. The highest BCUT2D eigenvalue weighted by Gasteiger charge is 2.25. The van der Waals surface area contributed by atoms with Gasteiger partial charge in [-0.2, -0.15) is 0 Å². The Bertz CT molecular complexity index is 1440. The lowest BCUT2D eigenvalue weighted by atomic mass is 10.0. The molecule has 0 spiro atoms. The summed E-state index contributed by atoms with van der Waals surface area (Å²) < 4.78 is 11.1. The normalized spacial score (nSPS) is 13.1. The average molecular weight is 497 g/mol. The topological polar surface area (TPSA) is 89.5 Å². The standard InChI is InChI=1S/C26H24BN5O3S/c1-16-12-17(5-7-20(16)35-18-6-8-22(34-2)28-13-18)31-25-24-19-9-11-32(23(33)4-3-10-27)14-21(19)36-26(24)30-15-29-25/h3-8,12-13,15H,9-11,14H2,1-2H3,(H,29,30,31)/b4-3+. The van der Waals surface area contributed by atoms with Crippen LogP contribution in [0.15, 0.2) is 55.0 Å². The van der Waals surface area contributed by atoms with Crippen LogP contribution in [0, 0.1) is 6.92 Å². The number of benzene rings is 1. The van der Waals surface area contributed by atoms with Crippen molar-refractivity contribution in [1.29, 1.82) is 0 Å². The molecule has 5 rings (SSSR count). The van der Waals surface area contributed by atoms with Crippen molar-refractivity contribution in [2.24, 2.45) is 0 Å². The molecule has 0 saturated heterocycles. The molecule has 0 fully saturated rings. The van der Waals surface area contributed by atoms with Crippen LogP contribution in [-0.2, 0) is 17.8 Å². The zero-order valence-corrected chi connectivity index (χ0v) is 20.8. The lowest BCUT2D eigenvalue weighted by Gasteiger charge is -2.26. The van der Waals surface area contributed by atoms with E-state index in [1.54, 1.807) is 49.2 Å². The Balaban J connectivity index is 1.36. The van der Waals surface area contributed by atoms with Gasteiger partial charge in [0.2, 0.25) is 11.8 Å². The van der Waals surface area contributed by atoms with Crippen LogP contribution in [0.3, 0.4) is 0 Å². The van der Waals surface area contributed by atoms with Crippen molar-refractivity contribution in [1.82, 2.24) is 19.9 Å². The van der Waals surface area contributed by atoms with Crippen molar-refractivity contribution in [3.05, 3.63) is 71.0 Å². The largest absolute Gasteiger partial charge is 0.481 e. The molecule has 0 aliphatic carbocycles. The minimum atomic E-state index is -0.0174. The highest BCUT2D eigenvalue weighted by molar-refractivity contribution is 7.19. The number of fused-ring (bicyclic) bond motifs is 3. The summed E-state index contributed by atoms with van der Waals surface area (Å²) in [5.41, 5.74) is 3.06. The SMILES string of the molecule is [B]C/C=C/C(=O)N1CCc2c(sc3ncnc(Nc4ccc(Oc5ccc(OC)nc5)c(C)c4)c23)C1. The predicted molar refractivity (Wildman–Crippen MR) is 142 cm³/mol. The molecule has 180 valence electrons. The lowest BCUT2D eigenvalue weighted by molar-refractivity contribution is -0.126. The number of thiophene rings is 1. The zero-order chi connectivity index (χ0) is 25.1. The van der Waals surface area contributed by atoms with E-state index in [1.807, 2.05) is 36.1 Å². The van der Waals surface area contributed by atoms with Crippen LogP contribution in [0.5, 0.6) is 17.4 Å². The van der Waals surface area contributed by atoms with Crippen molar-refractivity contribution in [3.8, 4) is 17.4 Å². The number of nitrogens with one attached hydrogen (secondary N) is 1. The van der Waals surface area contributed by atoms with Crippen molar-refractivity contribution < 1.29 is 14.3 Å². The van der Waals surface area contributed by atoms with Crippen LogP contribution in [0.1, 0.15) is 16.0 Å². The lowest BCUT2D eigenvalue weighted by Crippen LogP contribution is -2.34. The number of allylic oxidation sites excluding steroid dienone is 1. The van der Waals surface area contributed by atoms with Crippen LogP contribution in [0.25, 0.3) is 10.2 Å². The number of methoxy groups -OCH3 is 1. The Labute approximate surface area is 214 Å². The van der Waals surface area contributed by atoms with Crippen LogP contribution >= 0.6 is 11.3 Å². The van der Waals surface area contributed by atoms with E-state index in [4.69, 9.17) is 17.3 Å². The summed E-state index contributed by atoms with van der Waals surface area (Å²) in [5, 5.41) is 4.48. The zero-order valence-electron chi connectivity index (χ0n) is 20.0. The first-order chi connectivity index (χ1) is 17.6. The molecule has 1 N–H and O–H groups in total. The summed E-state index contributed by atoms with van der Waals surface area (Å²) in [6.45, 7) is 3.20. The summed E-state index contributed by atoms with van der Waals surface area (Å²) in [4.78, 5) is 29.5. The molecule has 1 aromatic carbocycles. The predicted octanol–water partition coefficient (Wildman–Crippen LogP) is 4.97. The highest BCUT2D eigenvalue weighted by atomic mass is 32.1. The molecule has 4 aromatic rings. The number of carbonyl (C=O) groups is 1. The van der Waals surface area contributed by atoms with Gasteiger partial charge in [-0.1, -0.05) is 12.4 Å². The maximum Gasteiger partial charge on any atom is 0.246 e. The molecule has 0 unspecified atom stereocenters. The van der Waals surface area contributed by atoms with E-state index in [0.717, 1.165) is 44.3 Å². The van der Waals surface area contributed by atoms with Gasteiger partial charge in [-0.3, -0.25) is 4.79 Å². The van der Waals surface area contributed by atoms with Gasteiger partial charge in [0.1, 0.15) is 28.5 Å². The Morgan fingerprint density at radius 1 is 1.25 bits per heavy atom. The van der Waals surface area contributed by atoms with Gasteiger partial charge in [0, 0.05) is 23.2 Å². The molecule has 1 aliphatic heterocycles. The summed E-state index contributed by atoms with van der Waals surface area (Å²) in [6.07, 6.45) is 7.53. The highest BCUT2D eigenvalue weighted by Crippen LogP contribution is 2.38. The Kier molecular flexibility index (Phi) is 6.86. The third-order valence-corrected chi connectivity index (χ3v) is 7.05. The van der Waals surface area contributed by atoms with E-state index >= 15 is 0 Å². The monoisotopic (exact) mass is 497 g/mol. The van der Waals surface area contributed by atoms with Crippen LogP contribution in [-0.4, -0.2) is 47.3 Å². The number of carbonyl (C=O) groups excluding carboxylic acids is 1. The van der Waals surface area contributed by atoms with Gasteiger partial charge < -0.3 is 19.7 Å². The minimum Gasteiger partial charge on any atom is -0.481 e. The third-order valence-electron chi connectivity index (χ3n) is 5.93. The molecular weight excluding hydrogens is 473 g/mol. The summed E-state index contributed by atoms with van der Waals surface area (Å²) in [7, 11) is 7.06. The first-order valence-electron chi connectivity index (χ1n) is 11.5. The first kappa shape index (κ1) is 23.8.